The molecule has 4 heterocycles. The van der Waals surface area contributed by atoms with Crippen LogP contribution in [0.15, 0.2) is 34.7 Å². The van der Waals surface area contributed by atoms with Gasteiger partial charge in [-0.05, 0) is 59.6 Å². The average molecular weight is 538 g/mol. The monoisotopic (exact) mass is 537 g/mol. The van der Waals surface area contributed by atoms with Crippen molar-refractivity contribution in [2.24, 2.45) is 4.99 Å². The Morgan fingerprint density at radius 2 is 1.97 bits per heavy atom. The Labute approximate surface area is 227 Å². The van der Waals surface area contributed by atoms with E-state index >= 15 is 0 Å². The number of ether oxygens (including phenoxy) is 2. The third-order valence-electron chi connectivity index (χ3n) is 6.27. The van der Waals surface area contributed by atoms with Crippen molar-refractivity contribution in [2.45, 2.75) is 71.8 Å². The van der Waals surface area contributed by atoms with Crippen LogP contribution in [0, 0.1) is 5.41 Å². The maximum atomic E-state index is 13.4. The molecule has 12 nitrogen and oxygen atoms in total. The molecule has 12 heteroatoms. The minimum absolute atomic E-state index is 0.0287. The van der Waals surface area contributed by atoms with Crippen molar-refractivity contribution in [3.63, 3.8) is 0 Å². The lowest BCUT2D eigenvalue weighted by Gasteiger charge is -2.37. The molecule has 0 bridgehead atoms. The molecule has 0 spiro atoms. The second-order valence-electron chi connectivity index (χ2n) is 10.8. The van der Waals surface area contributed by atoms with Gasteiger partial charge in [-0.3, -0.25) is 9.59 Å². The van der Waals surface area contributed by atoms with E-state index in [1.807, 2.05) is 34.6 Å². The van der Waals surface area contributed by atoms with Crippen LogP contribution in [-0.4, -0.2) is 76.0 Å². The van der Waals surface area contributed by atoms with Gasteiger partial charge in [-0.2, -0.15) is 0 Å². The van der Waals surface area contributed by atoms with Crippen LogP contribution < -0.4 is 15.4 Å². The van der Waals surface area contributed by atoms with E-state index in [9.17, 15) is 14.4 Å². The number of allylic oxidation sites excluding steroid dienone is 1. The lowest BCUT2D eigenvalue weighted by atomic mass is 10.0. The van der Waals surface area contributed by atoms with Gasteiger partial charge < -0.3 is 35.3 Å². The number of carbonyl (C=O) groups is 3. The first-order valence-electron chi connectivity index (χ1n) is 13.0. The van der Waals surface area contributed by atoms with Crippen molar-refractivity contribution in [2.75, 3.05) is 18.4 Å². The number of nitrogens with zero attached hydrogens (tertiary/aromatic N) is 4. The van der Waals surface area contributed by atoms with Crippen LogP contribution in [0.4, 0.5) is 10.5 Å². The summed E-state index contributed by atoms with van der Waals surface area (Å²) >= 11 is 0. The molecule has 0 aromatic carbocycles. The Hall–Kier alpha value is -4.22. The first kappa shape index (κ1) is 27.8. The summed E-state index contributed by atoms with van der Waals surface area (Å²) in [5.74, 6) is -0.404. The van der Waals surface area contributed by atoms with Crippen molar-refractivity contribution in [3.8, 4) is 5.88 Å². The molecule has 1 aromatic rings. The van der Waals surface area contributed by atoms with Gasteiger partial charge >= 0.3 is 6.09 Å². The fraction of sp³-hybridized carbons (Fsp3) is 0.481. The third kappa shape index (κ3) is 6.44. The van der Waals surface area contributed by atoms with Crippen molar-refractivity contribution in [1.29, 1.82) is 5.41 Å². The molecule has 208 valence electrons. The van der Waals surface area contributed by atoms with Crippen LogP contribution in [0.1, 0.15) is 63.5 Å². The number of pyridine rings is 1. The fourth-order valence-electron chi connectivity index (χ4n) is 4.52. The topological polar surface area (TPSA) is 149 Å². The minimum atomic E-state index is -0.567. The molecule has 1 aromatic heterocycles. The van der Waals surface area contributed by atoms with Gasteiger partial charge in [-0.25, -0.2) is 14.8 Å². The van der Waals surface area contributed by atoms with Gasteiger partial charge in [0.05, 0.1) is 11.7 Å². The fourth-order valence-corrected chi connectivity index (χ4v) is 4.52. The van der Waals surface area contributed by atoms with Gasteiger partial charge in [0.25, 0.3) is 11.8 Å². The quantitative estimate of drug-likeness (QED) is 0.373. The Balaban J connectivity index is 1.51. The van der Waals surface area contributed by atoms with Crippen molar-refractivity contribution >= 4 is 36.0 Å². The number of piperidine rings is 1. The number of amides is 3. The largest absolute Gasteiger partial charge is 0.473 e. The lowest BCUT2D eigenvalue weighted by molar-refractivity contribution is -0.112. The zero-order chi connectivity index (χ0) is 28.3. The molecule has 3 aliphatic rings. The molecule has 1 saturated heterocycles. The number of carbonyl (C=O) groups excluding carboxylic acids is 3. The number of aliphatic imine (C=N–C) groups is 1. The molecule has 3 N–H and O–H groups in total. The van der Waals surface area contributed by atoms with E-state index in [0.29, 0.717) is 43.7 Å². The number of aromatic nitrogens is 1. The summed E-state index contributed by atoms with van der Waals surface area (Å²) in [4.78, 5) is 51.0. The van der Waals surface area contributed by atoms with Gasteiger partial charge in [0.1, 0.15) is 22.8 Å². The molecule has 0 radical (unpaired) electrons. The van der Waals surface area contributed by atoms with E-state index in [0.717, 1.165) is 6.21 Å². The number of anilines is 1. The maximum absolute atomic E-state index is 13.4. The van der Waals surface area contributed by atoms with Crippen LogP contribution in [0.3, 0.4) is 0 Å². The number of hydrogen-bond donors (Lipinski definition) is 3. The van der Waals surface area contributed by atoms with Crippen molar-refractivity contribution < 1.29 is 23.9 Å². The molecule has 3 aliphatic heterocycles. The lowest BCUT2D eigenvalue weighted by Crippen LogP contribution is -2.48. The van der Waals surface area contributed by atoms with E-state index < -0.39 is 11.5 Å². The van der Waals surface area contributed by atoms with E-state index in [4.69, 9.17) is 14.9 Å². The second kappa shape index (κ2) is 11.3. The molecule has 3 amide bonds. The van der Waals surface area contributed by atoms with E-state index in [1.54, 1.807) is 28.1 Å². The molecular formula is C27H35N7O5. The highest BCUT2D eigenvalue weighted by atomic mass is 16.6. The minimum Gasteiger partial charge on any atom is -0.473 e. The van der Waals surface area contributed by atoms with Gasteiger partial charge in [0.2, 0.25) is 5.88 Å². The normalized spacial score (nSPS) is 18.6. The Kier molecular flexibility index (Phi) is 8.03. The summed E-state index contributed by atoms with van der Waals surface area (Å²) in [6.07, 6.45) is 6.36. The van der Waals surface area contributed by atoms with Gasteiger partial charge in [-0.1, -0.05) is 0 Å². The van der Waals surface area contributed by atoms with Crippen LogP contribution in [-0.2, 0) is 16.1 Å². The molecule has 0 unspecified atom stereocenters. The molecular weight excluding hydrogens is 502 g/mol. The molecule has 0 atom stereocenters. The predicted molar refractivity (Wildman–Crippen MR) is 146 cm³/mol. The Morgan fingerprint density at radius 1 is 1.26 bits per heavy atom. The molecule has 0 saturated carbocycles. The van der Waals surface area contributed by atoms with E-state index in [1.165, 1.54) is 6.21 Å². The molecule has 39 heavy (non-hydrogen) atoms. The van der Waals surface area contributed by atoms with Crippen molar-refractivity contribution in [1.82, 2.24) is 20.1 Å². The zero-order valence-corrected chi connectivity index (χ0v) is 22.9. The number of nitrogens with one attached hydrogen (secondary N) is 3. The summed E-state index contributed by atoms with van der Waals surface area (Å²) in [6.45, 7) is 10.5. The molecule has 1 fully saturated rings. The first-order valence-corrected chi connectivity index (χ1v) is 13.0. The van der Waals surface area contributed by atoms with E-state index in [2.05, 4.69) is 20.6 Å². The number of rotatable bonds is 6. The van der Waals surface area contributed by atoms with Crippen LogP contribution >= 0.6 is 0 Å². The molecule has 0 aliphatic carbocycles. The van der Waals surface area contributed by atoms with Crippen LogP contribution in [0.25, 0.3) is 0 Å². The van der Waals surface area contributed by atoms with Gasteiger partial charge in [-0.15, -0.1) is 0 Å². The third-order valence-corrected chi connectivity index (χ3v) is 6.27. The van der Waals surface area contributed by atoms with Gasteiger partial charge in [0.15, 0.2) is 0 Å². The summed E-state index contributed by atoms with van der Waals surface area (Å²) in [7, 11) is 0. The summed E-state index contributed by atoms with van der Waals surface area (Å²) in [5, 5.41) is 13.4. The highest BCUT2D eigenvalue weighted by Crippen LogP contribution is 2.34. The highest BCUT2D eigenvalue weighted by molar-refractivity contribution is 6.18. The number of likely N-dealkylation sites (tertiary alicyclic amines) is 1. The zero-order valence-electron chi connectivity index (χ0n) is 22.9. The maximum Gasteiger partial charge on any atom is 0.410 e. The standard InChI is InChI=1S/C27H35N7O5/c1-16(2)38-24-20(31-23(35)19(14-28)22-29-9-6-10-30-22)13-17-15-34(25(36)21(17)32-24)18-7-11-33(12-8-18)26(37)39-27(3,4)5/h6,9-10,13-14,16,18,28-29H,7-8,11-12,15H2,1-5H3,(H,31,35)/b22-19-,28-14?. The first-order chi connectivity index (χ1) is 18.5. The smallest absolute Gasteiger partial charge is 0.410 e. The molecule has 4 rings (SSSR count). The summed E-state index contributed by atoms with van der Waals surface area (Å²) in [6, 6.07) is 1.64. The average Bonchev–Trinajstić information content (AvgIpc) is 3.19. The SMILES string of the molecule is CC(C)Oc1nc2c(cc1NC(=O)/C(C=N)=C1\N=CC=CN1)CN(C1CCN(C(=O)OC(C)(C)C)CC1)C2=O. The van der Waals surface area contributed by atoms with Crippen LogP contribution in [0.5, 0.6) is 5.88 Å². The van der Waals surface area contributed by atoms with Crippen molar-refractivity contribution in [3.05, 3.63) is 41.0 Å². The number of fused-ring (bicyclic) bond motifs is 1. The second-order valence-corrected chi connectivity index (χ2v) is 10.8. The van der Waals surface area contributed by atoms with Crippen LogP contribution in [0.2, 0.25) is 0 Å². The Bertz CT molecular complexity index is 1250. The predicted octanol–water partition coefficient (Wildman–Crippen LogP) is 3.21. The highest BCUT2D eigenvalue weighted by Gasteiger charge is 2.38. The summed E-state index contributed by atoms with van der Waals surface area (Å²) < 4.78 is 11.3. The Morgan fingerprint density at radius 3 is 2.56 bits per heavy atom. The summed E-state index contributed by atoms with van der Waals surface area (Å²) in [5.41, 5.74) is 0.717. The van der Waals surface area contributed by atoms with Gasteiger partial charge in [0, 0.05) is 49.9 Å². The van der Waals surface area contributed by atoms with E-state index in [-0.39, 0.29) is 47.1 Å². The number of hydrogen-bond acceptors (Lipinski definition) is 9.